The number of hydrogen-bond acceptors (Lipinski definition) is 0. The molecule has 62 valence electrons. The van der Waals surface area contributed by atoms with Gasteiger partial charge in [0.05, 0.1) is 15.9 Å². The number of rotatable bonds is 0. The standard InChI is InChI=1S/C9H5BrClF/c10-6-2-3-7-8(11)4-1-5-9(7)12/h1,4-5H,6H2. The summed E-state index contributed by atoms with van der Waals surface area (Å²) in [5.41, 5.74) is 0.263. The van der Waals surface area contributed by atoms with Crippen LogP contribution in [-0.2, 0) is 0 Å². The van der Waals surface area contributed by atoms with Crippen LogP contribution in [0, 0.1) is 17.7 Å². The first kappa shape index (κ1) is 9.57. The number of alkyl halides is 1. The maximum atomic E-state index is 13.0. The third kappa shape index (κ3) is 2.23. The maximum Gasteiger partial charge on any atom is 0.140 e. The van der Waals surface area contributed by atoms with Gasteiger partial charge in [0.2, 0.25) is 0 Å². The van der Waals surface area contributed by atoms with Crippen LogP contribution in [0.4, 0.5) is 4.39 Å². The molecule has 0 nitrogen and oxygen atoms in total. The molecule has 0 heterocycles. The monoisotopic (exact) mass is 246 g/mol. The van der Waals surface area contributed by atoms with Gasteiger partial charge in [-0.1, -0.05) is 45.4 Å². The molecule has 12 heavy (non-hydrogen) atoms. The molecule has 0 spiro atoms. The predicted molar refractivity (Wildman–Crippen MR) is 52.1 cm³/mol. The third-order valence-corrected chi connectivity index (χ3v) is 1.84. The molecule has 0 aliphatic heterocycles. The highest BCUT2D eigenvalue weighted by atomic mass is 79.9. The zero-order valence-corrected chi connectivity index (χ0v) is 8.41. The van der Waals surface area contributed by atoms with Crippen molar-refractivity contribution in [1.29, 1.82) is 0 Å². The number of halogens is 3. The summed E-state index contributed by atoms with van der Waals surface area (Å²) in [7, 11) is 0. The molecular formula is C9H5BrClF. The van der Waals surface area contributed by atoms with Gasteiger partial charge in [-0.15, -0.1) is 0 Å². The Morgan fingerprint density at radius 1 is 1.50 bits per heavy atom. The average Bonchev–Trinajstić information content (AvgIpc) is 2.04. The van der Waals surface area contributed by atoms with Crippen LogP contribution < -0.4 is 0 Å². The molecule has 0 fully saturated rings. The maximum absolute atomic E-state index is 13.0. The van der Waals surface area contributed by atoms with Crippen LogP contribution in [0.3, 0.4) is 0 Å². The fraction of sp³-hybridized carbons (Fsp3) is 0.111. The molecular weight excluding hydrogens is 242 g/mol. The largest absolute Gasteiger partial charge is 0.206 e. The molecule has 1 rings (SSSR count). The summed E-state index contributed by atoms with van der Waals surface area (Å²) in [5.74, 6) is 4.94. The first-order valence-electron chi connectivity index (χ1n) is 3.24. The van der Waals surface area contributed by atoms with Crippen molar-refractivity contribution in [2.45, 2.75) is 0 Å². The Kier molecular flexibility index (Phi) is 3.58. The number of benzene rings is 1. The van der Waals surface area contributed by atoms with Crippen molar-refractivity contribution in [2.75, 3.05) is 5.33 Å². The van der Waals surface area contributed by atoms with E-state index in [1.165, 1.54) is 6.07 Å². The van der Waals surface area contributed by atoms with E-state index in [2.05, 4.69) is 27.8 Å². The Morgan fingerprint density at radius 3 is 2.83 bits per heavy atom. The molecule has 3 heteroatoms. The van der Waals surface area contributed by atoms with E-state index in [0.717, 1.165) is 0 Å². The first-order chi connectivity index (χ1) is 5.75. The molecule has 1 aromatic carbocycles. The van der Waals surface area contributed by atoms with E-state index in [1.54, 1.807) is 12.1 Å². The molecule has 0 N–H and O–H groups in total. The van der Waals surface area contributed by atoms with E-state index < -0.39 is 0 Å². The van der Waals surface area contributed by atoms with Gasteiger partial charge >= 0.3 is 0 Å². The van der Waals surface area contributed by atoms with Crippen molar-refractivity contribution in [3.8, 4) is 11.8 Å². The van der Waals surface area contributed by atoms with E-state index in [4.69, 9.17) is 11.6 Å². The van der Waals surface area contributed by atoms with Gasteiger partial charge in [0, 0.05) is 0 Å². The van der Waals surface area contributed by atoms with E-state index in [1.807, 2.05) is 0 Å². The lowest BCUT2D eigenvalue weighted by Crippen LogP contribution is -1.83. The van der Waals surface area contributed by atoms with Gasteiger partial charge in [-0.3, -0.25) is 0 Å². The summed E-state index contributed by atoms with van der Waals surface area (Å²) in [5, 5.41) is 0.862. The Labute approximate surface area is 83.9 Å². The molecule has 0 amide bonds. The second-order valence-electron chi connectivity index (χ2n) is 2.03. The normalized spacial score (nSPS) is 8.92. The third-order valence-electron chi connectivity index (χ3n) is 1.24. The lowest BCUT2D eigenvalue weighted by atomic mass is 10.2. The summed E-state index contributed by atoms with van der Waals surface area (Å²) in [6.45, 7) is 0. The fourth-order valence-electron chi connectivity index (χ4n) is 0.739. The SMILES string of the molecule is Fc1cccc(Cl)c1C#CCBr. The highest BCUT2D eigenvalue weighted by Gasteiger charge is 2.01. The lowest BCUT2D eigenvalue weighted by Gasteiger charge is -1.95. The van der Waals surface area contributed by atoms with Crippen molar-refractivity contribution in [3.05, 3.63) is 34.6 Å². The average molecular weight is 247 g/mol. The van der Waals surface area contributed by atoms with Gasteiger partial charge < -0.3 is 0 Å². The van der Waals surface area contributed by atoms with Gasteiger partial charge in [0.1, 0.15) is 5.82 Å². The van der Waals surface area contributed by atoms with Crippen LogP contribution in [0.25, 0.3) is 0 Å². The first-order valence-corrected chi connectivity index (χ1v) is 4.74. The summed E-state index contributed by atoms with van der Waals surface area (Å²) in [6.07, 6.45) is 0. The van der Waals surface area contributed by atoms with Crippen molar-refractivity contribution in [3.63, 3.8) is 0 Å². The van der Waals surface area contributed by atoms with Gasteiger partial charge in [0.15, 0.2) is 0 Å². The zero-order valence-electron chi connectivity index (χ0n) is 6.07. The van der Waals surface area contributed by atoms with Crippen LogP contribution in [0.2, 0.25) is 5.02 Å². The van der Waals surface area contributed by atoms with Crippen molar-refractivity contribution < 1.29 is 4.39 Å². The van der Waals surface area contributed by atoms with Crippen LogP contribution in [-0.4, -0.2) is 5.33 Å². The molecule has 0 radical (unpaired) electrons. The minimum atomic E-state index is -0.379. The second-order valence-corrected chi connectivity index (χ2v) is 3.00. The Bertz CT molecular complexity index is 318. The van der Waals surface area contributed by atoms with Gasteiger partial charge in [-0.2, -0.15) is 0 Å². The lowest BCUT2D eigenvalue weighted by molar-refractivity contribution is 0.624. The van der Waals surface area contributed by atoms with Crippen molar-refractivity contribution in [2.24, 2.45) is 0 Å². The molecule has 0 saturated carbocycles. The van der Waals surface area contributed by atoms with E-state index in [9.17, 15) is 4.39 Å². The summed E-state index contributed by atoms with van der Waals surface area (Å²) in [4.78, 5) is 0. The quantitative estimate of drug-likeness (QED) is 0.488. The smallest absolute Gasteiger partial charge is 0.140 e. The molecule has 0 unspecified atom stereocenters. The van der Waals surface area contributed by atoms with Gasteiger partial charge in [-0.25, -0.2) is 4.39 Å². The van der Waals surface area contributed by atoms with Crippen LogP contribution in [0.5, 0.6) is 0 Å². The highest BCUT2D eigenvalue weighted by Crippen LogP contribution is 2.17. The van der Waals surface area contributed by atoms with E-state index in [-0.39, 0.29) is 11.4 Å². The van der Waals surface area contributed by atoms with E-state index >= 15 is 0 Å². The molecule has 0 saturated heterocycles. The van der Waals surface area contributed by atoms with Gasteiger partial charge in [-0.05, 0) is 12.1 Å². The molecule has 1 aromatic rings. The highest BCUT2D eigenvalue weighted by molar-refractivity contribution is 9.09. The molecule has 0 atom stereocenters. The Morgan fingerprint density at radius 2 is 2.25 bits per heavy atom. The van der Waals surface area contributed by atoms with Crippen LogP contribution >= 0.6 is 27.5 Å². The summed E-state index contributed by atoms with van der Waals surface area (Å²) in [6, 6.07) is 4.50. The minimum Gasteiger partial charge on any atom is -0.206 e. The Hall–Kier alpha value is -0.520. The summed E-state index contributed by atoms with van der Waals surface area (Å²) >= 11 is 8.82. The topological polar surface area (TPSA) is 0 Å². The number of hydrogen-bond donors (Lipinski definition) is 0. The molecule has 0 aromatic heterocycles. The predicted octanol–water partition coefficient (Wildman–Crippen LogP) is 3.23. The second kappa shape index (κ2) is 4.49. The molecule has 0 bridgehead atoms. The van der Waals surface area contributed by atoms with Gasteiger partial charge in [0.25, 0.3) is 0 Å². The zero-order chi connectivity index (χ0) is 8.97. The Balaban J connectivity index is 3.13. The van der Waals surface area contributed by atoms with Crippen LogP contribution in [0.15, 0.2) is 18.2 Å². The molecule has 0 aliphatic carbocycles. The summed E-state index contributed by atoms with van der Waals surface area (Å²) < 4.78 is 13.0. The van der Waals surface area contributed by atoms with Crippen LogP contribution in [0.1, 0.15) is 5.56 Å². The van der Waals surface area contributed by atoms with Crippen molar-refractivity contribution >= 4 is 27.5 Å². The fourth-order valence-corrected chi connectivity index (χ4v) is 1.09. The van der Waals surface area contributed by atoms with Crippen molar-refractivity contribution in [1.82, 2.24) is 0 Å². The van der Waals surface area contributed by atoms with E-state index in [0.29, 0.717) is 10.4 Å². The minimum absolute atomic E-state index is 0.263. The molecule has 0 aliphatic rings.